The fourth-order valence-corrected chi connectivity index (χ4v) is 3.37. The summed E-state index contributed by atoms with van der Waals surface area (Å²) in [6.07, 6.45) is 0. The molecule has 0 aliphatic carbocycles. The van der Waals surface area contributed by atoms with Crippen LogP contribution < -0.4 is 4.90 Å². The van der Waals surface area contributed by atoms with Crippen molar-refractivity contribution in [3.05, 3.63) is 53.6 Å². The van der Waals surface area contributed by atoms with Crippen molar-refractivity contribution in [2.75, 3.05) is 31.1 Å². The van der Waals surface area contributed by atoms with E-state index in [9.17, 15) is 4.39 Å². The van der Waals surface area contributed by atoms with E-state index in [0.717, 1.165) is 49.0 Å². The largest absolute Gasteiger partial charge is 0.353 e. The quantitative estimate of drug-likeness (QED) is 0.733. The molecule has 7 heteroatoms. The van der Waals surface area contributed by atoms with Crippen molar-refractivity contribution < 1.29 is 4.39 Å². The highest BCUT2D eigenvalue weighted by atomic mass is 19.1. The first-order chi connectivity index (χ1) is 12.1. The summed E-state index contributed by atoms with van der Waals surface area (Å²) < 4.78 is 15.2. The van der Waals surface area contributed by atoms with E-state index in [0.29, 0.717) is 0 Å². The summed E-state index contributed by atoms with van der Waals surface area (Å²) in [6, 6.07) is 11.0. The minimum atomic E-state index is -0.176. The van der Waals surface area contributed by atoms with Gasteiger partial charge >= 0.3 is 0 Å². The zero-order valence-electron chi connectivity index (χ0n) is 14.4. The number of aromatic nitrogens is 4. The molecule has 0 radical (unpaired) electrons. The smallest absolute Gasteiger partial charge is 0.178 e. The number of piperazine rings is 1. The third-order valence-corrected chi connectivity index (χ3v) is 4.92. The molecule has 0 unspecified atom stereocenters. The second-order valence-electron chi connectivity index (χ2n) is 6.46. The number of halogens is 1. The molecule has 1 aliphatic rings. The van der Waals surface area contributed by atoms with Crippen molar-refractivity contribution in [3.8, 4) is 0 Å². The zero-order valence-corrected chi connectivity index (χ0v) is 14.4. The fourth-order valence-electron chi connectivity index (χ4n) is 3.37. The first-order valence-corrected chi connectivity index (χ1v) is 8.55. The van der Waals surface area contributed by atoms with E-state index in [1.54, 1.807) is 16.6 Å². The lowest BCUT2D eigenvalue weighted by Crippen LogP contribution is -2.47. The molecule has 6 nitrogen and oxygen atoms in total. The standard InChI is InChI=1S/C18H21FN6/c1-13(15-4-3-5-16(19)12-15)23-8-10-24(11-9-23)18-7-6-17-21-20-14(2)25(17)22-18/h3-7,12-13H,8-11H2,1-2H3/t13-/m1/s1. The summed E-state index contributed by atoms with van der Waals surface area (Å²) in [6.45, 7) is 7.64. The molecule has 1 fully saturated rings. The number of anilines is 1. The van der Waals surface area contributed by atoms with Crippen LogP contribution in [-0.4, -0.2) is 50.9 Å². The van der Waals surface area contributed by atoms with Crippen LogP contribution in [0.5, 0.6) is 0 Å². The number of aryl methyl sites for hydroxylation is 1. The molecule has 0 bridgehead atoms. The second kappa shape index (κ2) is 6.40. The maximum absolute atomic E-state index is 13.5. The minimum absolute atomic E-state index is 0.176. The van der Waals surface area contributed by atoms with Crippen LogP contribution in [0.3, 0.4) is 0 Å². The summed E-state index contributed by atoms with van der Waals surface area (Å²) >= 11 is 0. The molecule has 130 valence electrons. The molecule has 2 aromatic heterocycles. The van der Waals surface area contributed by atoms with E-state index in [4.69, 9.17) is 0 Å². The molecule has 1 saturated heterocycles. The van der Waals surface area contributed by atoms with Crippen molar-refractivity contribution in [1.82, 2.24) is 24.7 Å². The lowest BCUT2D eigenvalue weighted by atomic mass is 10.1. The van der Waals surface area contributed by atoms with Crippen LogP contribution in [0, 0.1) is 12.7 Å². The fraction of sp³-hybridized carbons (Fsp3) is 0.389. The lowest BCUT2D eigenvalue weighted by molar-refractivity contribution is 0.198. The van der Waals surface area contributed by atoms with Gasteiger partial charge < -0.3 is 4.90 Å². The Balaban J connectivity index is 1.46. The topological polar surface area (TPSA) is 49.6 Å². The van der Waals surface area contributed by atoms with Crippen LogP contribution in [0.1, 0.15) is 24.4 Å². The molecule has 0 amide bonds. The summed E-state index contributed by atoms with van der Waals surface area (Å²) in [4.78, 5) is 4.65. The van der Waals surface area contributed by atoms with Crippen molar-refractivity contribution >= 4 is 11.5 Å². The summed E-state index contributed by atoms with van der Waals surface area (Å²) in [5.41, 5.74) is 1.78. The highest BCUT2D eigenvalue weighted by molar-refractivity contribution is 5.46. The van der Waals surface area contributed by atoms with E-state index in [1.807, 2.05) is 25.1 Å². The van der Waals surface area contributed by atoms with E-state index in [1.165, 1.54) is 6.07 Å². The van der Waals surface area contributed by atoms with Crippen molar-refractivity contribution in [3.63, 3.8) is 0 Å². The molecule has 1 aromatic carbocycles. The van der Waals surface area contributed by atoms with Gasteiger partial charge in [-0.1, -0.05) is 12.1 Å². The van der Waals surface area contributed by atoms with Crippen LogP contribution in [0.25, 0.3) is 5.65 Å². The summed E-state index contributed by atoms with van der Waals surface area (Å²) in [5.74, 6) is 1.55. The first kappa shape index (κ1) is 16.0. The van der Waals surface area contributed by atoms with E-state index < -0.39 is 0 Å². The second-order valence-corrected chi connectivity index (χ2v) is 6.46. The molecule has 0 N–H and O–H groups in total. The molecule has 3 heterocycles. The van der Waals surface area contributed by atoms with Gasteiger partial charge in [0.25, 0.3) is 0 Å². The Hall–Kier alpha value is -2.54. The molecule has 0 saturated carbocycles. The van der Waals surface area contributed by atoms with Gasteiger partial charge in [-0.15, -0.1) is 15.3 Å². The molecule has 4 rings (SSSR count). The summed E-state index contributed by atoms with van der Waals surface area (Å²) in [7, 11) is 0. The molecule has 25 heavy (non-hydrogen) atoms. The maximum Gasteiger partial charge on any atom is 0.178 e. The van der Waals surface area contributed by atoms with Crippen LogP contribution in [0.15, 0.2) is 36.4 Å². The van der Waals surface area contributed by atoms with Crippen LogP contribution >= 0.6 is 0 Å². The third kappa shape index (κ3) is 3.07. The van der Waals surface area contributed by atoms with E-state index in [-0.39, 0.29) is 11.9 Å². The maximum atomic E-state index is 13.5. The van der Waals surface area contributed by atoms with Gasteiger partial charge in [0.1, 0.15) is 11.6 Å². The molecular formula is C18H21FN6. The van der Waals surface area contributed by atoms with Crippen molar-refractivity contribution in [2.24, 2.45) is 0 Å². The minimum Gasteiger partial charge on any atom is -0.353 e. The van der Waals surface area contributed by atoms with Gasteiger partial charge in [-0.2, -0.15) is 4.52 Å². The van der Waals surface area contributed by atoms with Gasteiger partial charge in [0.15, 0.2) is 11.5 Å². The number of rotatable bonds is 3. The molecule has 1 atom stereocenters. The summed E-state index contributed by atoms with van der Waals surface area (Å²) in [5, 5.41) is 12.8. The van der Waals surface area contributed by atoms with Gasteiger partial charge in [0.05, 0.1) is 0 Å². The van der Waals surface area contributed by atoms with Gasteiger partial charge in [-0.3, -0.25) is 4.90 Å². The Labute approximate surface area is 145 Å². The predicted molar refractivity (Wildman–Crippen MR) is 94.1 cm³/mol. The number of benzene rings is 1. The predicted octanol–water partition coefficient (Wildman–Crippen LogP) is 2.46. The zero-order chi connectivity index (χ0) is 17.4. The Morgan fingerprint density at radius 1 is 1.04 bits per heavy atom. The first-order valence-electron chi connectivity index (χ1n) is 8.55. The highest BCUT2D eigenvalue weighted by Crippen LogP contribution is 2.23. The average Bonchev–Trinajstić information content (AvgIpc) is 3.02. The molecule has 3 aromatic rings. The monoisotopic (exact) mass is 340 g/mol. The third-order valence-electron chi connectivity index (χ3n) is 4.92. The highest BCUT2D eigenvalue weighted by Gasteiger charge is 2.23. The van der Waals surface area contributed by atoms with Crippen LogP contribution in [-0.2, 0) is 0 Å². The van der Waals surface area contributed by atoms with E-state index >= 15 is 0 Å². The number of nitrogens with zero attached hydrogens (tertiary/aromatic N) is 6. The SMILES string of the molecule is Cc1nnc2ccc(N3CCN([C@H](C)c4cccc(F)c4)CC3)nn12. The van der Waals surface area contributed by atoms with Crippen molar-refractivity contribution in [1.29, 1.82) is 0 Å². The molecular weight excluding hydrogens is 319 g/mol. The Bertz CT molecular complexity index is 884. The van der Waals surface area contributed by atoms with Gasteiger partial charge in [-0.05, 0) is 43.7 Å². The molecule has 0 spiro atoms. The number of fused-ring (bicyclic) bond motifs is 1. The number of hydrogen-bond acceptors (Lipinski definition) is 5. The van der Waals surface area contributed by atoms with Crippen molar-refractivity contribution in [2.45, 2.75) is 19.9 Å². The van der Waals surface area contributed by atoms with Crippen LogP contribution in [0.4, 0.5) is 10.2 Å². The lowest BCUT2D eigenvalue weighted by Gasteiger charge is -2.38. The average molecular weight is 340 g/mol. The van der Waals surface area contributed by atoms with Gasteiger partial charge in [0, 0.05) is 32.2 Å². The number of hydrogen-bond donors (Lipinski definition) is 0. The van der Waals surface area contributed by atoms with E-state index in [2.05, 4.69) is 32.0 Å². The Morgan fingerprint density at radius 2 is 1.84 bits per heavy atom. The van der Waals surface area contributed by atoms with Gasteiger partial charge in [-0.25, -0.2) is 4.39 Å². The molecule has 1 aliphatic heterocycles. The van der Waals surface area contributed by atoms with Gasteiger partial charge in [0.2, 0.25) is 0 Å². The normalized spacial score (nSPS) is 17.2. The Kier molecular flexibility index (Phi) is 4.09. The Morgan fingerprint density at radius 3 is 2.60 bits per heavy atom. The van der Waals surface area contributed by atoms with Crippen LogP contribution in [0.2, 0.25) is 0 Å².